The van der Waals surface area contributed by atoms with Crippen LogP contribution in [0.3, 0.4) is 0 Å². The molecule has 0 heterocycles. The Morgan fingerprint density at radius 1 is 1.00 bits per heavy atom. The molecule has 2 N–H and O–H groups in total. The van der Waals surface area contributed by atoms with E-state index >= 15 is 0 Å². The zero-order valence-corrected chi connectivity index (χ0v) is 24.5. The highest BCUT2D eigenvalue weighted by molar-refractivity contribution is 7.80. The minimum Gasteiger partial charge on any atom is -0.466 e. The Labute approximate surface area is 226 Å². The van der Waals surface area contributed by atoms with E-state index < -0.39 is 47.1 Å². The summed E-state index contributed by atoms with van der Waals surface area (Å²) in [4.78, 5) is 53.3. The second-order valence-corrected chi connectivity index (χ2v) is 11.3. The number of amides is 3. The van der Waals surface area contributed by atoms with Gasteiger partial charge in [0.1, 0.15) is 17.7 Å². The first-order valence-corrected chi connectivity index (χ1v) is 13.1. The second kappa shape index (κ2) is 13.7. The number of hydrogen-bond donors (Lipinski definition) is 3. The van der Waals surface area contributed by atoms with Crippen molar-refractivity contribution >= 4 is 36.5 Å². The van der Waals surface area contributed by atoms with Crippen LogP contribution in [-0.2, 0) is 23.9 Å². The van der Waals surface area contributed by atoms with Crippen LogP contribution in [0.4, 0.5) is 4.79 Å². The van der Waals surface area contributed by atoms with Crippen LogP contribution in [0.25, 0.3) is 0 Å². The monoisotopic (exact) mass is 537 g/mol. The second-order valence-electron chi connectivity index (χ2n) is 10.9. The molecule has 2 atom stereocenters. The molecule has 0 fully saturated rings. The first-order chi connectivity index (χ1) is 17.0. The summed E-state index contributed by atoms with van der Waals surface area (Å²) in [5, 5.41) is 5.38. The molecule has 0 radical (unpaired) electrons. The van der Waals surface area contributed by atoms with E-state index in [1.165, 1.54) is 4.90 Å². The standard InChI is InChI=1S/C27H43N3O6S/c1-10-35-21(31)11-12-28-23(32)22(19-14-17(2)13-18(3)15-19)30(26(4,5)6)24(33)20(16-37)29-25(34)36-27(7,8)9/h13-15,20,22,37H,10-12,16H2,1-9H3,(H,28,32)(H,29,34). The maximum atomic E-state index is 13.9. The molecule has 1 aromatic rings. The highest BCUT2D eigenvalue weighted by Crippen LogP contribution is 2.31. The lowest BCUT2D eigenvalue weighted by Crippen LogP contribution is -2.59. The largest absolute Gasteiger partial charge is 0.466 e. The predicted molar refractivity (Wildman–Crippen MR) is 147 cm³/mol. The van der Waals surface area contributed by atoms with E-state index in [0.717, 1.165) is 11.1 Å². The van der Waals surface area contributed by atoms with Crippen molar-refractivity contribution in [3.05, 3.63) is 34.9 Å². The van der Waals surface area contributed by atoms with Gasteiger partial charge in [-0.05, 0) is 67.9 Å². The van der Waals surface area contributed by atoms with Crippen molar-refractivity contribution in [3.8, 4) is 0 Å². The van der Waals surface area contributed by atoms with Gasteiger partial charge in [-0.2, -0.15) is 12.6 Å². The Balaban J connectivity index is 3.45. The lowest BCUT2D eigenvalue weighted by atomic mass is 9.93. The number of nitrogens with zero attached hydrogens (tertiary/aromatic N) is 1. The fraction of sp³-hybridized carbons (Fsp3) is 0.630. The smallest absolute Gasteiger partial charge is 0.408 e. The van der Waals surface area contributed by atoms with Crippen LogP contribution < -0.4 is 10.6 Å². The van der Waals surface area contributed by atoms with E-state index in [2.05, 4.69) is 23.3 Å². The summed E-state index contributed by atoms with van der Waals surface area (Å²) in [6, 6.07) is 3.61. The topological polar surface area (TPSA) is 114 Å². The fourth-order valence-corrected chi connectivity index (χ4v) is 4.10. The normalized spacial score (nSPS) is 13.2. The van der Waals surface area contributed by atoms with Crippen LogP contribution in [0.2, 0.25) is 0 Å². The van der Waals surface area contributed by atoms with Gasteiger partial charge < -0.3 is 25.0 Å². The molecule has 3 amide bonds. The summed E-state index contributed by atoms with van der Waals surface area (Å²) < 4.78 is 10.3. The number of hydrogen-bond acceptors (Lipinski definition) is 7. The average Bonchev–Trinajstić information content (AvgIpc) is 2.72. The number of thiol groups is 1. The zero-order valence-electron chi connectivity index (χ0n) is 23.6. The molecule has 10 heteroatoms. The van der Waals surface area contributed by atoms with E-state index in [-0.39, 0.29) is 25.3 Å². The first-order valence-electron chi connectivity index (χ1n) is 12.4. The van der Waals surface area contributed by atoms with Gasteiger partial charge in [0.25, 0.3) is 0 Å². The molecule has 37 heavy (non-hydrogen) atoms. The molecule has 0 aliphatic rings. The van der Waals surface area contributed by atoms with Crippen LogP contribution in [0.15, 0.2) is 18.2 Å². The molecule has 0 aliphatic heterocycles. The Bertz CT molecular complexity index is 948. The predicted octanol–water partition coefficient (Wildman–Crippen LogP) is 3.86. The van der Waals surface area contributed by atoms with E-state index in [0.29, 0.717) is 5.56 Å². The molecule has 9 nitrogen and oxygen atoms in total. The Morgan fingerprint density at radius 2 is 1.57 bits per heavy atom. The van der Waals surface area contributed by atoms with Crippen molar-refractivity contribution in [2.75, 3.05) is 18.9 Å². The van der Waals surface area contributed by atoms with Gasteiger partial charge in [-0.1, -0.05) is 29.3 Å². The molecule has 0 aromatic heterocycles. The van der Waals surface area contributed by atoms with Crippen LogP contribution in [0.5, 0.6) is 0 Å². The van der Waals surface area contributed by atoms with Crippen molar-refractivity contribution in [2.45, 2.75) is 92.0 Å². The third kappa shape index (κ3) is 10.6. The number of carbonyl (C=O) groups excluding carboxylic acids is 4. The summed E-state index contributed by atoms with van der Waals surface area (Å²) in [6.45, 7) is 16.5. The summed E-state index contributed by atoms with van der Waals surface area (Å²) >= 11 is 4.30. The molecule has 2 unspecified atom stereocenters. The van der Waals surface area contributed by atoms with Crippen molar-refractivity contribution in [1.82, 2.24) is 15.5 Å². The van der Waals surface area contributed by atoms with Crippen LogP contribution in [0.1, 0.15) is 77.6 Å². The molecule has 1 rings (SSSR count). The van der Waals surface area contributed by atoms with E-state index in [1.54, 1.807) is 27.7 Å². The van der Waals surface area contributed by atoms with Gasteiger partial charge in [0, 0.05) is 17.8 Å². The van der Waals surface area contributed by atoms with Gasteiger partial charge in [-0.25, -0.2) is 4.79 Å². The third-order valence-electron chi connectivity index (χ3n) is 5.13. The Morgan fingerprint density at radius 3 is 2.03 bits per heavy atom. The Hall–Kier alpha value is -2.75. The van der Waals surface area contributed by atoms with Gasteiger partial charge in [-0.15, -0.1) is 0 Å². The molecule has 0 saturated heterocycles. The van der Waals surface area contributed by atoms with Crippen LogP contribution in [0, 0.1) is 13.8 Å². The fourth-order valence-electron chi connectivity index (χ4n) is 3.85. The number of ether oxygens (including phenoxy) is 2. The summed E-state index contributed by atoms with van der Waals surface area (Å²) in [5.74, 6) is -1.37. The summed E-state index contributed by atoms with van der Waals surface area (Å²) in [5.41, 5.74) is 0.897. The molecule has 0 aliphatic carbocycles. The molecular formula is C27H43N3O6S. The Kier molecular flexibility index (Phi) is 11.9. The lowest BCUT2D eigenvalue weighted by molar-refractivity contribution is -0.148. The van der Waals surface area contributed by atoms with Gasteiger partial charge >= 0.3 is 12.1 Å². The van der Waals surface area contributed by atoms with Crippen LogP contribution >= 0.6 is 12.6 Å². The number of alkyl carbamates (subject to hydrolysis) is 1. The van der Waals surface area contributed by atoms with Gasteiger partial charge in [0.15, 0.2) is 0 Å². The SMILES string of the molecule is CCOC(=O)CCNC(=O)C(c1cc(C)cc(C)c1)N(C(=O)C(CS)NC(=O)OC(C)(C)C)C(C)(C)C. The van der Waals surface area contributed by atoms with Gasteiger partial charge in [-0.3, -0.25) is 14.4 Å². The minimum atomic E-state index is -1.04. The summed E-state index contributed by atoms with van der Waals surface area (Å²) in [6.07, 6.45) is -0.752. The maximum absolute atomic E-state index is 13.9. The van der Waals surface area contributed by atoms with Crippen molar-refractivity contribution < 1.29 is 28.7 Å². The number of benzene rings is 1. The molecule has 208 valence electrons. The van der Waals surface area contributed by atoms with E-state index in [4.69, 9.17) is 9.47 Å². The molecular weight excluding hydrogens is 494 g/mol. The van der Waals surface area contributed by atoms with E-state index in [1.807, 2.05) is 52.8 Å². The quantitative estimate of drug-likeness (QED) is 0.309. The van der Waals surface area contributed by atoms with E-state index in [9.17, 15) is 19.2 Å². The first kappa shape index (κ1) is 32.3. The summed E-state index contributed by atoms with van der Waals surface area (Å²) in [7, 11) is 0. The van der Waals surface area contributed by atoms with Gasteiger partial charge in [0.2, 0.25) is 11.8 Å². The van der Waals surface area contributed by atoms with Gasteiger partial charge in [0.05, 0.1) is 13.0 Å². The lowest BCUT2D eigenvalue weighted by Gasteiger charge is -2.43. The zero-order chi connectivity index (χ0) is 28.6. The molecule has 0 bridgehead atoms. The minimum absolute atomic E-state index is 0.00206. The molecule has 0 saturated carbocycles. The number of nitrogens with one attached hydrogen (secondary N) is 2. The third-order valence-corrected chi connectivity index (χ3v) is 5.50. The number of carbonyl (C=O) groups is 4. The maximum Gasteiger partial charge on any atom is 0.408 e. The van der Waals surface area contributed by atoms with Crippen molar-refractivity contribution in [2.24, 2.45) is 0 Å². The molecule has 0 spiro atoms. The average molecular weight is 538 g/mol. The number of rotatable bonds is 10. The van der Waals surface area contributed by atoms with Crippen molar-refractivity contribution in [1.29, 1.82) is 0 Å². The number of esters is 1. The van der Waals surface area contributed by atoms with Crippen LogP contribution in [-0.4, -0.2) is 64.9 Å². The highest BCUT2D eigenvalue weighted by Gasteiger charge is 2.41. The number of aryl methyl sites for hydroxylation is 2. The molecule has 1 aromatic carbocycles. The van der Waals surface area contributed by atoms with Crippen molar-refractivity contribution in [3.63, 3.8) is 0 Å². The highest BCUT2D eigenvalue weighted by atomic mass is 32.1.